The molecule has 8 nitrogen and oxygen atoms in total. The molecule has 10 heteroatoms. The van der Waals surface area contributed by atoms with Crippen molar-refractivity contribution in [1.29, 1.82) is 0 Å². The Hall–Kier alpha value is -3.40. The quantitative estimate of drug-likeness (QED) is 0.412. The van der Waals surface area contributed by atoms with Crippen LogP contribution in [-0.4, -0.2) is 23.7 Å². The standard InChI is InChI=1S/C21H17ClN4O4S/c22-21-18(26-11-2-1-8-19(26)25-21)9-10-20(27)24-15-5-3-7-17(13-15)31(28,29)23-14-16-6-4-12-30-16/h1-13,23H,14H2,(H,24,27)/b10-9+. The van der Waals surface area contributed by atoms with Crippen LogP contribution in [0, 0.1) is 0 Å². The van der Waals surface area contributed by atoms with Crippen molar-refractivity contribution in [1.82, 2.24) is 14.1 Å². The number of nitrogens with zero attached hydrogens (tertiary/aromatic N) is 2. The van der Waals surface area contributed by atoms with Gasteiger partial charge < -0.3 is 9.73 Å². The predicted octanol–water partition coefficient (Wildman–Crippen LogP) is 3.71. The van der Waals surface area contributed by atoms with Gasteiger partial charge in [0.25, 0.3) is 0 Å². The third kappa shape index (κ3) is 4.85. The third-order valence-electron chi connectivity index (χ3n) is 4.34. The molecule has 1 amide bonds. The molecule has 3 heterocycles. The van der Waals surface area contributed by atoms with E-state index in [-0.39, 0.29) is 16.6 Å². The smallest absolute Gasteiger partial charge is 0.248 e. The Bertz CT molecular complexity index is 1360. The number of sulfonamides is 1. The summed E-state index contributed by atoms with van der Waals surface area (Å²) in [6.07, 6.45) is 6.10. The van der Waals surface area contributed by atoms with E-state index in [1.54, 1.807) is 47.0 Å². The molecule has 158 valence electrons. The number of amides is 1. The van der Waals surface area contributed by atoms with E-state index < -0.39 is 15.9 Å². The molecule has 0 saturated heterocycles. The van der Waals surface area contributed by atoms with E-state index in [0.717, 1.165) is 0 Å². The van der Waals surface area contributed by atoms with Crippen molar-refractivity contribution in [3.63, 3.8) is 0 Å². The highest BCUT2D eigenvalue weighted by molar-refractivity contribution is 7.89. The second-order valence-electron chi connectivity index (χ2n) is 6.47. The molecular formula is C21H17ClN4O4S. The average Bonchev–Trinajstić information content (AvgIpc) is 3.38. The monoisotopic (exact) mass is 456 g/mol. The molecule has 0 aliphatic carbocycles. The summed E-state index contributed by atoms with van der Waals surface area (Å²) in [6, 6.07) is 14.8. The van der Waals surface area contributed by atoms with Crippen molar-refractivity contribution in [2.75, 3.05) is 5.32 Å². The van der Waals surface area contributed by atoms with E-state index in [1.807, 2.05) is 12.1 Å². The maximum Gasteiger partial charge on any atom is 0.248 e. The minimum atomic E-state index is -3.78. The van der Waals surface area contributed by atoms with Gasteiger partial charge in [0.05, 0.1) is 23.4 Å². The maximum absolute atomic E-state index is 12.5. The topological polar surface area (TPSA) is 106 Å². The highest BCUT2D eigenvalue weighted by Crippen LogP contribution is 2.19. The molecule has 0 atom stereocenters. The van der Waals surface area contributed by atoms with Crippen LogP contribution < -0.4 is 10.0 Å². The van der Waals surface area contributed by atoms with E-state index in [0.29, 0.717) is 22.8 Å². The Labute approximate surface area is 183 Å². The fraction of sp³-hybridized carbons (Fsp3) is 0.0476. The lowest BCUT2D eigenvalue weighted by atomic mass is 10.3. The number of anilines is 1. The number of pyridine rings is 1. The van der Waals surface area contributed by atoms with E-state index in [1.165, 1.54) is 24.5 Å². The summed E-state index contributed by atoms with van der Waals surface area (Å²) < 4.78 is 34.3. The van der Waals surface area contributed by atoms with Crippen LogP contribution in [0.25, 0.3) is 11.7 Å². The van der Waals surface area contributed by atoms with E-state index in [4.69, 9.17) is 16.0 Å². The zero-order valence-electron chi connectivity index (χ0n) is 16.0. The number of carbonyl (C=O) groups excluding carboxylic acids is 1. The first-order valence-corrected chi connectivity index (χ1v) is 11.0. The van der Waals surface area contributed by atoms with Crippen LogP contribution in [0.4, 0.5) is 5.69 Å². The van der Waals surface area contributed by atoms with Gasteiger partial charge in [-0.25, -0.2) is 18.1 Å². The Morgan fingerprint density at radius 1 is 1.16 bits per heavy atom. The molecule has 0 saturated carbocycles. The highest BCUT2D eigenvalue weighted by atomic mass is 35.5. The van der Waals surface area contributed by atoms with Gasteiger partial charge in [-0.05, 0) is 48.5 Å². The summed E-state index contributed by atoms with van der Waals surface area (Å²) >= 11 is 6.15. The maximum atomic E-state index is 12.5. The van der Waals surface area contributed by atoms with Crippen molar-refractivity contribution in [3.8, 4) is 0 Å². The molecule has 0 aliphatic heterocycles. The Kier molecular flexibility index (Phi) is 5.90. The van der Waals surface area contributed by atoms with Crippen molar-refractivity contribution < 1.29 is 17.6 Å². The van der Waals surface area contributed by atoms with Crippen LogP contribution in [0.5, 0.6) is 0 Å². The number of carbonyl (C=O) groups is 1. The van der Waals surface area contributed by atoms with Gasteiger partial charge >= 0.3 is 0 Å². The first kappa shape index (κ1) is 20.9. The predicted molar refractivity (Wildman–Crippen MR) is 117 cm³/mol. The zero-order chi connectivity index (χ0) is 21.8. The number of aromatic nitrogens is 2. The third-order valence-corrected chi connectivity index (χ3v) is 6.02. The van der Waals surface area contributed by atoms with Crippen LogP contribution >= 0.6 is 11.6 Å². The molecule has 0 fully saturated rings. The summed E-state index contributed by atoms with van der Waals surface area (Å²) in [5, 5.41) is 2.91. The lowest BCUT2D eigenvalue weighted by molar-refractivity contribution is -0.111. The van der Waals surface area contributed by atoms with E-state index in [9.17, 15) is 13.2 Å². The SMILES string of the molecule is O=C(/C=C/c1c(Cl)nc2ccccn12)Nc1cccc(S(=O)(=O)NCc2ccco2)c1. The van der Waals surface area contributed by atoms with Gasteiger partial charge in [-0.15, -0.1) is 0 Å². The Morgan fingerprint density at radius 3 is 2.84 bits per heavy atom. The molecule has 0 unspecified atom stereocenters. The van der Waals surface area contributed by atoms with Crippen LogP contribution in [-0.2, 0) is 21.4 Å². The number of fused-ring (bicyclic) bond motifs is 1. The molecule has 0 radical (unpaired) electrons. The average molecular weight is 457 g/mol. The van der Waals surface area contributed by atoms with E-state index >= 15 is 0 Å². The van der Waals surface area contributed by atoms with Crippen molar-refractivity contribution >= 4 is 44.9 Å². The molecular weight excluding hydrogens is 440 g/mol. The van der Waals surface area contributed by atoms with E-state index in [2.05, 4.69) is 15.0 Å². The first-order valence-electron chi connectivity index (χ1n) is 9.16. The Balaban J connectivity index is 1.46. The van der Waals surface area contributed by atoms with Crippen LogP contribution in [0.1, 0.15) is 11.5 Å². The number of halogens is 1. The molecule has 2 N–H and O–H groups in total. The minimum absolute atomic E-state index is 0.0191. The fourth-order valence-electron chi connectivity index (χ4n) is 2.88. The van der Waals surface area contributed by atoms with Gasteiger partial charge in [-0.1, -0.05) is 23.7 Å². The molecule has 4 aromatic rings. The van der Waals surface area contributed by atoms with Gasteiger partial charge in [-0.2, -0.15) is 0 Å². The molecule has 1 aromatic carbocycles. The van der Waals surface area contributed by atoms with Crippen molar-refractivity contribution in [3.05, 3.63) is 89.7 Å². The largest absolute Gasteiger partial charge is 0.468 e. The normalized spacial score (nSPS) is 11.9. The number of imidazole rings is 1. The summed E-state index contributed by atoms with van der Waals surface area (Å²) in [7, 11) is -3.78. The summed E-state index contributed by atoms with van der Waals surface area (Å²) in [5.41, 5.74) is 1.55. The number of rotatable bonds is 7. The lowest BCUT2D eigenvalue weighted by Gasteiger charge is -2.08. The molecule has 0 spiro atoms. The number of nitrogens with one attached hydrogen (secondary N) is 2. The molecule has 31 heavy (non-hydrogen) atoms. The van der Waals surface area contributed by atoms with Crippen LogP contribution in [0.2, 0.25) is 5.15 Å². The number of furan rings is 1. The van der Waals surface area contributed by atoms with Gasteiger partial charge in [0.1, 0.15) is 11.4 Å². The first-order chi connectivity index (χ1) is 14.9. The van der Waals surface area contributed by atoms with Crippen molar-refractivity contribution in [2.45, 2.75) is 11.4 Å². The number of hydrogen-bond donors (Lipinski definition) is 2. The second-order valence-corrected chi connectivity index (χ2v) is 8.60. The molecule has 0 bridgehead atoms. The van der Waals surface area contributed by atoms with Gasteiger partial charge in [-0.3, -0.25) is 9.20 Å². The highest BCUT2D eigenvalue weighted by Gasteiger charge is 2.15. The van der Waals surface area contributed by atoms with Gasteiger partial charge in [0, 0.05) is 18.0 Å². The van der Waals surface area contributed by atoms with Gasteiger partial charge in [0.15, 0.2) is 5.15 Å². The van der Waals surface area contributed by atoms with Gasteiger partial charge in [0.2, 0.25) is 15.9 Å². The lowest BCUT2D eigenvalue weighted by Crippen LogP contribution is -2.23. The Morgan fingerprint density at radius 2 is 2.03 bits per heavy atom. The zero-order valence-corrected chi connectivity index (χ0v) is 17.6. The number of benzene rings is 1. The molecule has 0 aliphatic rings. The number of hydrogen-bond acceptors (Lipinski definition) is 5. The molecule has 3 aromatic heterocycles. The second kappa shape index (κ2) is 8.76. The van der Waals surface area contributed by atoms with Crippen LogP contribution in [0.3, 0.4) is 0 Å². The molecule has 4 rings (SSSR count). The van der Waals surface area contributed by atoms with Crippen LogP contribution in [0.15, 0.2) is 82.4 Å². The fourth-order valence-corrected chi connectivity index (χ4v) is 4.16. The van der Waals surface area contributed by atoms with Crippen molar-refractivity contribution in [2.24, 2.45) is 0 Å². The summed E-state index contributed by atoms with van der Waals surface area (Å²) in [5.74, 6) is 0.0456. The summed E-state index contributed by atoms with van der Waals surface area (Å²) in [4.78, 5) is 16.6. The minimum Gasteiger partial charge on any atom is -0.468 e. The summed E-state index contributed by atoms with van der Waals surface area (Å²) in [6.45, 7) is 0.0225.